The maximum Gasteiger partial charge on any atom is 0.237 e. The minimum atomic E-state index is -0.160. The number of hydrogen-bond acceptors (Lipinski definition) is 8. The highest BCUT2D eigenvalue weighted by atomic mass is 32.2. The molecular weight excluding hydrogens is 280 g/mol. The SMILES string of the molecule is CSc1nsc(SCC(=O)Nc2ncn[nH]2)n1. The number of hydrogen-bond donors (Lipinski definition) is 2. The van der Waals surface area contributed by atoms with Gasteiger partial charge in [-0.05, 0) is 17.8 Å². The van der Waals surface area contributed by atoms with Gasteiger partial charge in [-0.2, -0.15) is 14.5 Å². The van der Waals surface area contributed by atoms with Crippen LogP contribution in [0.5, 0.6) is 0 Å². The fraction of sp³-hybridized carbons (Fsp3) is 0.286. The molecule has 7 nitrogen and oxygen atoms in total. The molecule has 1 amide bonds. The normalized spacial score (nSPS) is 10.4. The van der Waals surface area contributed by atoms with Crippen molar-refractivity contribution < 1.29 is 4.79 Å². The number of nitrogens with one attached hydrogen (secondary N) is 2. The summed E-state index contributed by atoms with van der Waals surface area (Å²) in [5, 5.41) is 9.48. The third-order valence-corrected chi connectivity index (χ3v) is 4.07. The summed E-state index contributed by atoms with van der Waals surface area (Å²) in [7, 11) is 0. The van der Waals surface area contributed by atoms with E-state index in [4.69, 9.17) is 0 Å². The second-order valence-electron chi connectivity index (χ2n) is 2.72. The molecule has 0 spiro atoms. The van der Waals surface area contributed by atoms with Crippen LogP contribution in [0.3, 0.4) is 0 Å². The van der Waals surface area contributed by atoms with Crippen molar-refractivity contribution in [3.63, 3.8) is 0 Å². The smallest absolute Gasteiger partial charge is 0.237 e. The quantitative estimate of drug-likeness (QED) is 0.795. The van der Waals surface area contributed by atoms with Crippen molar-refractivity contribution in [2.45, 2.75) is 9.50 Å². The number of H-pyrrole nitrogens is 1. The lowest BCUT2D eigenvalue weighted by Crippen LogP contribution is -2.14. The van der Waals surface area contributed by atoms with Crippen molar-refractivity contribution in [1.82, 2.24) is 24.5 Å². The summed E-state index contributed by atoms with van der Waals surface area (Å²) in [6.45, 7) is 0. The number of anilines is 1. The molecule has 0 aliphatic heterocycles. The Morgan fingerprint density at radius 2 is 2.53 bits per heavy atom. The lowest BCUT2D eigenvalue weighted by molar-refractivity contribution is -0.113. The molecule has 2 rings (SSSR count). The first kappa shape index (κ1) is 12.3. The molecule has 0 atom stereocenters. The Hall–Kier alpha value is -1.13. The summed E-state index contributed by atoms with van der Waals surface area (Å²) in [6, 6.07) is 0. The summed E-state index contributed by atoms with van der Waals surface area (Å²) in [5.74, 6) is 0.453. The van der Waals surface area contributed by atoms with Crippen molar-refractivity contribution in [2.24, 2.45) is 0 Å². The van der Waals surface area contributed by atoms with Crippen LogP contribution in [-0.4, -0.2) is 42.5 Å². The average Bonchev–Trinajstić information content (AvgIpc) is 2.96. The van der Waals surface area contributed by atoms with Crippen molar-refractivity contribution in [3.8, 4) is 0 Å². The van der Waals surface area contributed by atoms with Crippen molar-refractivity contribution in [1.29, 1.82) is 0 Å². The van der Waals surface area contributed by atoms with Crippen molar-refractivity contribution in [2.75, 3.05) is 17.3 Å². The van der Waals surface area contributed by atoms with Crippen LogP contribution < -0.4 is 5.32 Å². The molecular formula is C7H8N6OS3. The van der Waals surface area contributed by atoms with E-state index < -0.39 is 0 Å². The van der Waals surface area contributed by atoms with Crippen molar-refractivity contribution in [3.05, 3.63) is 6.33 Å². The maximum atomic E-state index is 11.5. The van der Waals surface area contributed by atoms with Gasteiger partial charge in [0.05, 0.1) is 5.75 Å². The molecule has 17 heavy (non-hydrogen) atoms. The van der Waals surface area contributed by atoms with E-state index in [1.165, 1.54) is 41.4 Å². The number of thioether (sulfide) groups is 2. The lowest BCUT2D eigenvalue weighted by atomic mass is 10.7. The third-order valence-electron chi connectivity index (χ3n) is 1.57. The topological polar surface area (TPSA) is 96.5 Å². The van der Waals surface area contributed by atoms with Crippen LogP contribution in [0.2, 0.25) is 0 Å². The highest BCUT2D eigenvalue weighted by molar-refractivity contribution is 8.01. The van der Waals surface area contributed by atoms with Crippen LogP contribution in [0.1, 0.15) is 0 Å². The molecule has 0 aromatic carbocycles. The monoisotopic (exact) mass is 288 g/mol. The Balaban J connectivity index is 1.79. The Morgan fingerprint density at radius 1 is 1.65 bits per heavy atom. The number of nitrogens with zero attached hydrogens (tertiary/aromatic N) is 4. The summed E-state index contributed by atoms with van der Waals surface area (Å²) in [5.41, 5.74) is 0. The standard InChI is InChI=1S/C7H8N6OS3/c1-15-6-11-7(17-13-6)16-2-4(14)10-5-8-3-9-12-5/h3H,2H2,1H3,(H2,8,9,10,12,14). The Kier molecular flexibility index (Phi) is 4.34. The van der Waals surface area contributed by atoms with E-state index >= 15 is 0 Å². The van der Waals surface area contributed by atoms with Gasteiger partial charge in [0, 0.05) is 0 Å². The van der Waals surface area contributed by atoms with E-state index in [0.717, 1.165) is 9.50 Å². The van der Waals surface area contributed by atoms with Gasteiger partial charge in [-0.15, -0.1) is 0 Å². The van der Waals surface area contributed by atoms with Crippen LogP contribution in [0.15, 0.2) is 15.8 Å². The Morgan fingerprint density at radius 3 is 3.18 bits per heavy atom. The lowest BCUT2D eigenvalue weighted by Gasteiger charge is -1.98. The molecule has 10 heteroatoms. The maximum absolute atomic E-state index is 11.5. The molecule has 0 fully saturated rings. The molecule has 0 bridgehead atoms. The van der Waals surface area contributed by atoms with E-state index in [1.54, 1.807) is 0 Å². The number of aromatic nitrogens is 5. The molecule has 2 heterocycles. The van der Waals surface area contributed by atoms with Crippen LogP contribution in [0.25, 0.3) is 0 Å². The van der Waals surface area contributed by atoms with Crippen molar-refractivity contribution >= 4 is 46.9 Å². The molecule has 2 aromatic heterocycles. The predicted octanol–water partition coefficient (Wildman–Crippen LogP) is 1.11. The number of amides is 1. The molecule has 0 radical (unpaired) electrons. The van der Waals surface area contributed by atoms with Gasteiger partial charge in [-0.25, -0.2) is 10.1 Å². The molecule has 90 valence electrons. The zero-order valence-corrected chi connectivity index (χ0v) is 11.2. The van der Waals surface area contributed by atoms with E-state index in [1.807, 2.05) is 6.26 Å². The zero-order chi connectivity index (χ0) is 12.1. The summed E-state index contributed by atoms with van der Waals surface area (Å²) in [6.07, 6.45) is 3.24. The van der Waals surface area contributed by atoms with Gasteiger partial charge in [-0.1, -0.05) is 23.5 Å². The average molecular weight is 288 g/mol. The van der Waals surface area contributed by atoms with Gasteiger partial charge in [0.25, 0.3) is 0 Å². The summed E-state index contributed by atoms with van der Waals surface area (Å²) >= 11 is 4.11. The second-order valence-corrected chi connectivity index (χ2v) is 5.47. The zero-order valence-electron chi connectivity index (χ0n) is 8.71. The van der Waals surface area contributed by atoms with E-state index in [2.05, 4.69) is 29.9 Å². The van der Waals surface area contributed by atoms with Gasteiger partial charge in [-0.3, -0.25) is 10.1 Å². The van der Waals surface area contributed by atoms with E-state index in [-0.39, 0.29) is 11.7 Å². The fourth-order valence-electron chi connectivity index (χ4n) is 0.900. The first-order valence-corrected chi connectivity index (χ1v) is 7.42. The van der Waals surface area contributed by atoms with E-state index in [9.17, 15) is 4.79 Å². The van der Waals surface area contributed by atoms with Crippen LogP contribution in [-0.2, 0) is 4.79 Å². The number of carbonyl (C=O) groups excluding carboxylic acids is 1. The summed E-state index contributed by atoms with van der Waals surface area (Å²) < 4.78 is 4.88. The van der Waals surface area contributed by atoms with E-state index in [0.29, 0.717) is 5.95 Å². The van der Waals surface area contributed by atoms with Gasteiger partial charge >= 0.3 is 0 Å². The minimum absolute atomic E-state index is 0.160. The molecule has 0 aliphatic rings. The molecule has 0 aliphatic carbocycles. The fourth-order valence-corrected chi connectivity index (χ4v) is 2.91. The highest BCUT2D eigenvalue weighted by Crippen LogP contribution is 2.23. The minimum Gasteiger partial charge on any atom is -0.294 e. The van der Waals surface area contributed by atoms with Crippen LogP contribution in [0.4, 0.5) is 5.95 Å². The number of rotatable bonds is 5. The highest BCUT2D eigenvalue weighted by Gasteiger charge is 2.08. The molecule has 0 saturated carbocycles. The third kappa shape index (κ3) is 3.68. The Bertz CT molecular complexity index is 484. The molecule has 2 N–H and O–H groups in total. The predicted molar refractivity (Wildman–Crippen MR) is 67.4 cm³/mol. The molecule has 0 saturated heterocycles. The molecule has 0 unspecified atom stereocenters. The largest absolute Gasteiger partial charge is 0.294 e. The first-order chi connectivity index (χ1) is 8.28. The molecule has 2 aromatic rings. The van der Waals surface area contributed by atoms with Crippen LogP contribution in [0, 0.1) is 0 Å². The number of aromatic amines is 1. The summed E-state index contributed by atoms with van der Waals surface area (Å²) in [4.78, 5) is 19.5. The van der Waals surface area contributed by atoms with Crippen LogP contribution >= 0.6 is 35.1 Å². The van der Waals surface area contributed by atoms with Gasteiger partial charge in [0.2, 0.25) is 17.0 Å². The number of carbonyl (C=O) groups is 1. The van der Waals surface area contributed by atoms with Gasteiger partial charge in [0.1, 0.15) is 6.33 Å². The Labute approximate surface area is 109 Å². The van der Waals surface area contributed by atoms with Gasteiger partial charge < -0.3 is 0 Å². The first-order valence-electron chi connectivity index (χ1n) is 4.43. The van der Waals surface area contributed by atoms with Gasteiger partial charge in [0.15, 0.2) is 4.34 Å². The second kappa shape index (κ2) is 5.98.